The third kappa shape index (κ3) is 3.55. The molecule has 1 fully saturated rings. The molecule has 2 aromatic heterocycles. The molecule has 0 aliphatic heterocycles. The summed E-state index contributed by atoms with van der Waals surface area (Å²) in [6.45, 7) is 7.08. The number of amides is 1. The fourth-order valence-electron chi connectivity index (χ4n) is 3.91. The molecular weight excluding hydrogens is 378 g/mol. The third-order valence-corrected chi connectivity index (χ3v) is 6.73. The molecule has 3 rings (SSSR count). The largest absolute Gasteiger partial charge is 0.378 e. The van der Waals surface area contributed by atoms with Crippen molar-refractivity contribution in [3.05, 3.63) is 30.1 Å². The smallest absolute Gasteiger partial charge is 0.274 e. The summed E-state index contributed by atoms with van der Waals surface area (Å²) >= 11 is 0. The first-order valence-corrected chi connectivity index (χ1v) is 11.5. The second-order valence-electron chi connectivity index (χ2n) is 8.17. The fraction of sp³-hybridized carbons (Fsp3) is 0.600. The van der Waals surface area contributed by atoms with Gasteiger partial charge in [-0.3, -0.25) is 9.20 Å². The average molecular weight is 408 g/mol. The molecule has 8 heteroatoms. The van der Waals surface area contributed by atoms with E-state index in [1.807, 2.05) is 0 Å². The van der Waals surface area contributed by atoms with E-state index in [4.69, 9.17) is 4.74 Å². The van der Waals surface area contributed by atoms with Crippen molar-refractivity contribution in [1.29, 1.82) is 0 Å². The van der Waals surface area contributed by atoms with E-state index < -0.39 is 9.84 Å². The van der Waals surface area contributed by atoms with Crippen LogP contribution in [0.5, 0.6) is 0 Å². The maximum atomic E-state index is 13.2. The first-order valence-electron chi connectivity index (χ1n) is 9.65. The lowest BCUT2D eigenvalue weighted by Gasteiger charge is -2.54. The lowest BCUT2D eigenvalue weighted by molar-refractivity contribution is -0.140. The summed E-state index contributed by atoms with van der Waals surface area (Å²) in [5.41, 5.74) is 0.482. The summed E-state index contributed by atoms with van der Waals surface area (Å²) in [4.78, 5) is 19.1. The molecule has 2 aromatic rings. The van der Waals surface area contributed by atoms with E-state index in [1.165, 1.54) is 4.40 Å². The number of hydrogen-bond acceptors (Lipinski definition) is 5. The molecule has 0 saturated heterocycles. The highest BCUT2D eigenvalue weighted by molar-refractivity contribution is 7.90. The van der Waals surface area contributed by atoms with E-state index in [0.29, 0.717) is 5.52 Å². The zero-order valence-corrected chi connectivity index (χ0v) is 18.0. The summed E-state index contributed by atoms with van der Waals surface area (Å²) in [6, 6.07) is 5.21. The maximum absolute atomic E-state index is 13.2. The van der Waals surface area contributed by atoms with Gasteiger partial charge in [-0.2, -0.15) is 0 Å². The molecule has 0 spiro atoms. The van der Waals surface area contributed by atoms with Gasteiger partial charge in [0.2, 0.25) is 15.0 Å². The van der Waals surface area contributed by atoms with Gasteiger partial charge < -0.3 is 9.64 Å². The molecule has 1 saturated carbocycles. The van der Waals surface area contributed by atoms with Crippen LogP contribution in [0.15, 0.2) is 29.6 Å². The van der Waals surface area contributed by atoms with Gasteiger partial charge in [0.15, 0.2) is 5.69 Å². The van der Waals surface area contributed by atoms with Crippen molar-refractivity contribution in [3.8, 4) is 0 Å². The predicted molar refractivity (Wildman–Crippen MR) is 107 cm³/mol. The first-order chi connectivity index (χ1) is 13.1. The summed E-state index contributed by atoms with van der Waals surface area (Å²) in [5.74, 6) is -0.274. The number of carbonyl (C=O) groups is 1. The van der Waals surface area contributed by atoms with Gasteiger partial charge in [-0.15, -0.1) is 0 Å². The fourth-order valence-corrected chi connectivity index (χ4v) is 4.69. The quantitative estimate of drug-likeness (QED) is 0.659. The highest BCUT2D eigenvalue weighted by atomic mass is 32.2. The Balaban J connectivity index is 1.85. The summed E-state index contributed by atoms with van der Waals surface area (Å²) in [7, 11) is -1.81. The number of aromatic nitrogens is 2. The number of rotatable bonds is 7. The van der Waals surface area contributed by atoms with E-state index in [2.05, 4.69) is 25.8 Å². The van der Waals surface area contributed by atoms with Crippen LogP contribution in [-0.2, 0) is 14.6 Å². The zero-order chi connectivity index (χ0) is 20.7. The van der Waals surface area contributed by atoms with Gasteiger partial charge in [0, 0.05) is 37.6 Å². The molecular formula is C20H29N3O4S. The molecule has 1 aliphatic carbocycles. The van der Waals surface area contributed by atoms with Crippen LogP contribution in [0, 0.1) is 5.41 Å². The number of fused-ring (bicyclic) bond motifs is 1. The summed E-state index contributed by atoms with van der Waals surface area (Å²) in [6.07, 6.45) is 5.71. The SMILES string of the molecule is CCCCO[C@@H]1C[C@@H](N(C)C(=O)c2nc(S(C)(=O)=O)n3ccccc23)C1(C)C. The van der Waals surface area contributed by atoms with Gasteiger partial charge in [0.05, 0.1) is 11.6 Å². The van der Waals surface area contributed by atoms with Crippen LogP contribution in [0.3, 0.4) is 0 Å². The third-order valence-electron chi connectivity index (χ3n) is 5.78. The number of hydrogen-bond donors (Lipinski definition) is 0. The number of sulfone groups is 1. The van der Waals surface area contributed by atoms with Crippen LogP contribution >= 0.6 is 0 Å². The second kappa shape index (κ2) is 7.48. The minimum Gasteiger partial charge on any atom is -0.378 e. The predicted octanol–water partition coefficient (Wildman–Crippen LogP) is 2.79. The van der Waals surface area contributed by atoms with Crippen molar-refractivity contribution in [2.45, 2.75) is 57.3 Å². The first kappa shape index (κ1) is 20.8. The molecule has 0 N–H and O–H groups in total. The molecule has 2 atom stereocenters. The highest BCUT2D eigenvalue weighted by Crippen LogP contribution is 2.46. The summed E-state index contributed by atoms with van der Waals surface area (Å²) in [5, 5.41) is -0.117. The monoisotopic (exact) mass is 407 g/mol. The van der Waals surface area contributed by atoms with E-state index in [9.17, 15) is 13.2 Å². The molecule has 1 amide bonds. The summed E-state index contributed by atoms with van der Waals surface area (Å²) < 4.78 is 31.6. The van der Waals surface area contributed by atoms with E-state index >= 15 is 0 Å². The number of nitrogens with zero attached hydrogens (tertiary/aromatic N) is 3. The molecule has 28 heavy (non-hydrogen) atoms. The minimum absolute atomic E-state index is 0.00812. The van der Waals surface area contributed by atoms with Crippen molar-refractivity contribution >= 4 is 21.3 Å². The van der Waals surface area contributed by atoms with Crippen LogP contribution in [0.2, 0.25) is 0 Å². The Bertz CT molecular complexity index is 980. The van der Waals surface area contributed by atoms with Crippen LogP contribution in [-0.4, -0.2) is 60.7 Å². The standard InChI is InChI=1S/C20H29N3O4S/c1-6-7-12-27-16-13-15(20(16,2)3)22(4)18(24)17-14-10-8-9-11-23(14)19(21-17)28(5,25)26/h8-11,15-16H,6-7,12-13H2,1-5H3/t15-,16-/m1/s1. The van der Waals surface area contributed by atoms with Crippen molar-refractivity contribution in [3.63, 3.8) is 0 Å². The number of imidazole rings is 1. The topological polar surface area (TPSA) is 81.0 Å². The van der Waals surface area contributed by atoms with E-state index in [-0.39, 0.29) is 34.3 Å². The Morgan fingerprint density at radius 3 is 2.71 bits per heavy atom. The van der Waals surface area contributed by atoms with Crippen molar-refractivity contribution in [2.24, 2.45) is 5.41 Å². The van der Waals surface area contributed by atoms with Crippen molar-refractivity contribution in [2.75, 3.05) is 19.9 Å². The average Bonchev–Trinajstić information content (AvgIpc) is 3.03. The molecule has 0 aromatic carbocycles. The Morgan fingerprint density at radius 2 is 2.11 bits per heavy atom. The molecule has 1 aliphatic rings. The minimum atomic E-state index is -3.56. The Kier molecular flexibility index (Phi) is 5.55. The van der Waals surface area contributed by atoms with Crippen molar-refractivity contribution in [1.82, 2.24) is 14.3 Å². The number of ether oxygens (including phenoxy) is 1. The molecule has 154 valence electrons. The molecule has 7 nitrogen and oxygen atoms in total. The Morgan fingerprint density at radius 1 is 1.39 bits per heavy atom. The van der Waals surface area contributed by atoms with Crippen LogP contribution in [0.1, 0.15) is 50.5 Å². The second-order valence-corrected chi connectivity index (χ2v) is 10.1. The molecule has 0 radical (unpaired) electrons. The Hall–Kier alpha value is -1.93. The van der Waals surface area contributed by atoms with Crippen LogP contribution in [0.4, 0.5) is 0 Å². The molecule has 0 bridgehead atoms. The van der Waals surface area contributed by atoms with Gasteiger partial charge in [-0.1, -0.05) is 33.3 Å². The molecule has 2 heterocycles. The Labute approximate surface area is 166 Å². The van der Waals surface area contributed by atoms with E-state index in [0.717, 1.165) is 32.1 Å². The van der Waals surface area contributed by atoms with Crippen molar-refractivity contribution < 1.29 is 17.9 Å². The van der Waals surface area contributed by atoms with Gasteiger partial charge in [-0.05, 0) is 25.0 Å². The van der Waals surface area contributed by atoms with Crippen LogP contribution in [0.25, 0.3) is 5.52 Å². The zero-order valence-electron chi connectivity index (χ0n) is 17.2. The normalized spacial score (nSPS) is 21.5. The van der Waals surface area contributed by atoms with E-state index in [1.54, 1.807) is 36.3 Å². The lowest BCUT2D eigenvalue weighted by Crippen LogP contribution is -2.62. The maximum Gasteiger partial charge on any atom is 0.274 e. The van der Waals surface area contributed by atoms with Gasteiger partial charge >= 0.3 is 0 Å². The number of pyridine rings is 1. The number of unbranched alkanes of at least 4 members (excludes halogenated alkanes) is 1. The van der Waals surface area contributed by atoms with Gasteiger partial charge in [0.25, 0.3) is 5.91 Å². The lowest BCUT2D eigenvalue weighted by atomic mass is 9.63. The van der Waals surface area contributed by atoms with Gasteiger partial charge in [-0.25, -0.2) is 13.4 Å². The van der Waals surface area contributed by atoms with Crippen LogP contribution < -0.4 is 0 Å². The van der Waals surface area contributed by atoms with Gasteiger partial charge in [0.1, 0.15) is 0 Å². The highest BCUT2D eigenvalue weighted by Gasteiger charge is 2.52. The molecule has 0 unspecified atom stereocenters. The number of carbonyl (C=O) groups excluding carboxylic acids is 1.